The van der Waals surface area contributed by atoms with Crippen LogP contribution in [0.3, 0.4) is 0 Å². The van der Waals surface area contributed by atoms with Crippen LogP contribution in [0.2, 0.25) is 0 Å². The van der Waals surface area contributed by atoms with E-state index in [0.717, 1.165) is 38.7 Å². The van der Waals surface area contributed by atoms with Gasteiger partial charge < -0.3 is 14.6 Å². The second-order valence-corrected chi connectivity index (χ2v) is 7.26. The van der Waals surface area contributed by atoms with Crippen molar-refractivity contribution in [2.24, 2.45) is 7.05 Å². The average Bonchev–Trinajstić information content (AvgIpc) is 3.01. The second-order valence-electron chi connectivity index (χ2n) is 6.32. The fraction of sp³-hybridized carbons (Fsp3) is 0.444. The molecule has 9 heteroatoms. The average molecular weight is 389 g/mol. The molecule has 1 N–H and O–H groups in total. The zero-order valence-electron chi connectivity index (χ0n) is 15.5. The zero-order chi connectivity index (χ0) is 19.2. The number of hydrogen-bond acceptors (Lipinski definition) is 7. The number of carbonyl (C=O) groups is 2. The Morgan fingerprint density at radius 3 is 2.56 bits per heavy atom. The number of ether oxygens (including phenoxy) is 1. The first-order valence-electron chi connectivity index (χ1n) is 8.75. The van der Waals surface area contributed by atoms with Gasteiger partial charge in [-0.15, -0.1) is 10.2 Å². The van der Waals surface area contributed by atoms with Gasteiger partial charge in [0.1, 0.15) is 5.82 Å². The first-order valence-corrected chi connectivity index (χ1v) is 9.73. The van der Waals surface area contributed by atoms with Gasteiger partial charge in [0.15, 0.2) is 10.9 Å². The summed E-state index contributed by atoms with van der Waals surface area (Å²) in [7, 11) is 1.91. The third kappa shape index (κ3) is 5.38. The van der Waals surface area contributed by atoms with Crippen LogP contribution >= 0.6 is 11.8 Å². The number of hydrogen-bond donors (Lipinski definition) is 1. The minimum Gasteiger partial charge on any atom is -0.379 e. The van der Waals surface area contributed by atoms with Crippen LogP contribution in [0.1, 0.15) is 23.1 Å². The first-order chi connectivity index (χ1) is 13.0. The number of Topliss-reactive ketones (excluding diaryl/α,β-unsaturated/α-hetero) is 1. The molecule has 8 nitrogen and oxygen atoms in total. The quantitative estimate of drug-likeness (QED) is 0.568. The van der Waals surface area contributed by atoms with Crippen molar-refractivity contribution in [3.8, 4) is 0 Å². The van der Waals surface area contributed by atoms with E-state index in [0.29, 0.717) is 16.4 Å². The minimum atomic E-state index is -0.131. The van der Waals surface area contributed by atoms with Crippen molar-refractivity contribution in [3.05, 3.63) is 35.7 Å². The Morgan fingerprint density at radius 2 is 1.89 bits per heavy atom. The number of thioether (sulfide) groups is 1. The van der Waals surface area contributed by atoms with Crippen LogP contribution < -0.4 is 5.32 Å². The Balaban J connectivity index is 1.50. The van der Waals surface area contributed by atoms with Gasteiger partial charge in [0, 0.05) is 31.4 Å². The van der Waals surface area contributed by atoms with Crippen LogP contribution in [0.4, 0.5) is 5.69 Å². The molecule has 144 valence electrons. The maximum absolute atomic E-state index is 12.2. The predicted molar refractivity (Wildman–Crippen MR) is 103 cm³/mol. The molecule has 1 aliphatic heterocycles. The van der Waals surface area contributed by atoms with E-state index in [-0.39, 0.29) is 17.4 Å². The van der Waals surface area contributed by atoms with Gasteiger partial charge in [0.05, 0.1) is 25.5 Å². The Morgan fingerprint density at radius 1 is 1.19 bits per heavy atom. The van der Waals surface area contributed by atoms with Crippen LogP contribution in [0, 0.1) is 0 Å². The highest BCUT2D eigenvalue weighted by Gasteiger charge is 2.16. The van der Waals surface area contributed by atoms with Crippen molar-refractivity contribution in [3.63, 3.8) is 0 Å². The monoisotopic (exact) mass is 389 g/mol. The molecular weight excluding hydrogens is 366 g/mol. The maximum Gasteiger partial charge on any atom is 0.234 e. The lowest BCUT2D eigenvalue weighted by molar-refractivity contribution is -0.113. The lowest BCUT2D eigenvalue weighted by Crippen LogP contribution is -2.36. The predicted octanol–water partition coefficient (Wildman–Crippen LogP) is 1.58. The lowest BCUT2D eigenvalue weighted by atomic mass is 10.1. The van der Waals surface area contributed by atoms with Gasteiger partial charge in [0.25, 0.3) is 0 Å². The van der Waals surface area contributed by atoms with Gasteiger partial charge >= 0.3 is 0 Å². The van der Waals surface area contributed by atoms with Crippen LogP contribution in [-0.4, -0.2) is 63.4 Å². The number of ketones is 1. The number of nitrogens with one attached hydrogen (secondary N) is 1. The number of morpholine rings is 1. The van der Waals surface area contributed by atoms with Crippen molar-refractivity contribution in [1.82, 2.24) is 19.7 Å². The van der Waals surface area contributed by atoms with E-state index >= 15 is 0 Å². The molecule has 1 aliphatic rings. The van der Waals surface area contributed by atoms with Crippen LogP contribution in [0.5, 0.6) is 0 Å². The molecule has 0 radical (unpaired) electrons. The molecule has 0 aliphatic carbocycles. The summed E-state index contributed by atoms with van der Waals surface area (Å²) in [5, 5.41) is 12.0. The Kier molecular flexibility index (Phi) is 6.59. The molecule has 1 fully saturated rings. The van der Waals surface area contributed by atoms with Gasteiger partial charge in [-0.3, -0.25) is 14.5 Å². The third-order valence-electron chi connectivity index (χ3n) is 4.30. The molecule has 0 atom stereocenters. The molecular formula is C18H23N5O3S. The van der Waals surface area contributed by atoms with Crippen molar-refractivity contribution < 1.29 is 14.3 Å². The summed E-state index contributed by atoms with van der Waals surface area (Å²) in [6.45, 7) is 5.50. The summed E-state index contributed by atoms with van der Waals surface area (Å²) in [6.07, 6.45) is 0. The topological polar surface area (TPSA) is 89.3 Å². The molecule has 0 unspecified atom stereocenters. The molecule has 2 aromatic rings. The highest BCUT2D eigenvalue weighted by Crippen LogP contribution is 2.18. The molecule has 1 aromatic carbocycles. The van der Waals surface area contributed by atoms with Crippen molar-refractivity contribution in [2.45, 2.75) is 18.6 Å². The molecule has 1 saturated heterocycles. The van der Waals surface area contributed by atoms with E-state index in [1.54, 1.807) is 24.3 Å². The highest BCUT2D eigenvalue weighted by molar-refractivity contribution is 7.99. The number of nitrogens with zero attached hydrogens (tertiary/aromatic N) is 4. The van der Waals surface area contributed by atoms with E-state index < -0.39 is 0 Å². The summed E-state index contributed by atoms with van der Waals surface area (Å²) >= 11 is 1.35. The summed E-state index contributed by atoms with van der Waals surface area (Å²) in [6, 6.07) is 6.85. The number of carbonyl (C=O) groups excluding carboxylic acids is 2. The van der Waals surface area contributed by atoms with Crippen molar-refractivity contribution >= 4 is 29.1 Å². The van der Waals surface area contributed by atoms with Gasteiger partial charge in [-0.2, -0.15) is 0 Å². The number of benzene rings is 1. The largest absolute Gasteiger partial charge is 0.379 e. The molecule has 0 bridgehead atoms. The molecule has 0 saturated carbocycles. The van der Waals surface area contributed by atoms with Crippen molar-refractivity contribution in [1.29, 1.82) is 0 Å². The van der Waals surface area contributed by atoms with E-state index in [1.807, 2.05) is 11.6 Å². The standard InChI is InChI=1S/C18H23N5O3S/c1-13(24)14-3-5-15(6-4-14)19-17(25)12-27-18-21-20-16(22(18)2)11-23-7-9-26-10-8-23/h3-6H,7-12H2,1-2H3,(H,19,25). The van der Waals surface area contributed by atoms with Gasteiger partial charge in [0.2, 0.25) is 5.91 Å². The molecule has 3 rings (SSSR count). The lowest BCUT2D eigenvalue weighted by Gasteiger charge is -2.25. The Hall–Kier alpha value is -2.23. The van der Waals surface area contributed by atoms with Gasteiger partial charge in [-0.25, -0.2) is 0 Å². The number of amides is 1. The maximum atomic E-state index is 12.2. The van der Waals surface area contributed by atoms with Gasteiger partial charge in [-0.05, 0) is 31.2 Å². The molecule has 27 heavy (non-hydrogen) atoms. The normalized spacial score (nSPS) is 14.9. The zero-order valence-corrected chi connectivity index (χ0v) is 16.3. The fourth-order valence-corrected chi connectivity index (χ4v) is 3.41. The Labute approximate surface area is 162 Å². The SMILES string of the molecule is CC(=O)c1ccc(NC(=O)CSc2nnc(CN3CCOCC3)n2C)cc1. The highest BCUT2D eigenvalue weighted by atomic mass is 32.2. The second kappa shape index (κ2) is 9.12. The number of aromatic nitrogens is 3. The summed E-state index contributed by atoms with van der Waals surface area (Å²) in [5.74, 6) is 0.976. The molecule has 0 spiro atoms. The summed E-state index contributed by atoms with van der Waals surface area (Å²) in [5.41, 5.74) is 1.28. The minimum absolute atomic E-state index is 0.00130. The van der Waals surface area contributed by atoms with Gasteiger partial charge in [-0.1, -0.05) is 11.8 Å². The smallest absolute Gasteiger partial charge is 0.234 e. The third-order valence-corrected chi connectivity index (χ3v) is 5.32. The Bertz CT molecular complexity index is 800. The molecule has 2 heterocycles. The van der Waals surface area contributed by atoms with Crippen LogP contribution in [0.15, 0.2) is 29.4 Å². The van der Waals surface area contributed by atoms with E-state index in [2.05, 4.69) is 20.4 Å². The van der Waals surface area contributed by atoms with E-state index in [9.17, 15) is 9.59 Å². The van der Waals surface area contributed by atoms with E-state index in [1.165, 1.54) is 18.7 Å². The summed E-state index contributed by atoms with van der Waals surface area (Å²) < 4.78 is 7.28. The van der Waals surface area contributed by atoms with E-state index in [4.69, 9.17) is 4.74 Å². The van der Waals surface area contributed by atoms with Crippen LogP contribution in [0.25, 0.3) is 0 Å². The molecule has 1 amide bonds. The number of anilines is 1. The number of rotatable bonds is 7. The van der Waals surface area contributed by atoms with Crippen LogP contribution in [-0.2, 0) is 23.1 Å². The first kappa shape index (κ1) is 19.5. The molecule has 1 aromatic heterocycles. The summed E-state index contributed by atoms with van der Waals surface area (Å²) in [4.78, 5) is 25.7. The van der Waals surface area contributed by atoms with Crippen molar-refractivity contribution in [2.75, 3.05) is 37.4 Å². The fourth-order valence-electron chi connectivity index (χ4n) is 2.68.